The first-order valence-electron chi connectivity index (χ1n) is 8.68. The average molecular weight is 349 g/mol. The molecule has 6 nitrogen and oxygen atoms in total. The molecule has 1 aromatic rings. The smallest absolute Gasteiger partial charge is 0.317 e. The summed E-state index contributed by atoms with van der Waals surface area (Å²) in [6.45, 7) is 3.73. The van der Waals surface area contributed by atoms with Crippen LogP contribution in [0.5, 0.6) is 0 Å². The van der Waals surface area contributed by atoms with Crippen LogP contribution in [0, 0.1) is 5.82 Å². The number of methoxy groups -OCH3 is 1. The molecule has 3 amide bonds. The molecule has 3 rings (SSSR count). The molecule has 1 spiro atoms. The van der Waals surface area contributed by atoms with Gasteiger partial charge in [-0.25, -0.2) is 9.18 Å². The van der Waals surface area contributed by atoms with Gasteiger partial charge in [0.05, 0.1) is 5.54 Å². The minimum Gasteiger partial charge on any atom is -0.369 e. The molecular weight excluding hydrogens is 325 g/mol. The summed E-state index contributed by atoms with van der Waals surface area (Å²) in [5, 5.41) is 2.88. The Morgan fingerprint density at radius 1 is 1.40 bits per heavy atom. The number of likely N-dealkylation sites (tertiary alicyclic amines) is 1. The predicted molar refractivity (Wildman–Crippen MR) is 91.9 cm³/mol. The van der Waals surface area contributed by atoms with E-state index in [0.717, 1.165) is 6.42 Å². The third-order valence-corrected chi connectivity index (χ3v) is 5.12. The number of carbonyl (C=O) groups is 2. The highest BCUT2D eigenvalue weighted by Crippen LogP contribution is 2.45. The number of hydrogen-bond donors (Lipinski definition) is 1. The van der Waals surface area contributed by atoms with Crippen LogP contribution >= 0.6 is 0 Å². The van der Waals surface area contributed by atoms with Gasteiger partial charge in [0.15, 0.2) is 6.10 Å². The molecule has 2 aliphatic rings. The van der Waals surface area contributed by atoms with Crippen LogP contribution in [0.3, 0.4) is 0 Å². The number of anilines is 1. The van der Waals surface area contributed by atoms with Crippen molar-refractivity contribution in [2.45, 2.75) is 37.8 Å². The van der Waals surface area contributed by atoms with E-state index in [0.29, 0.717) is 38.2 Å². The van der Waals surface area contributed by atoms with E-state index in [9.17, 15) is 14.0 Å². The number of halogens is 1. The number of nitrogens with zero attached hydrogens (tertiary/aromatic N) is 2. The summed E-state index contributed by atoms with van der Waals surface area (Å²) in [6, 6.07) is 5.98. The number of carbonyl (C=O) groups excluding carboxylic acids is 2. The second kappa shape index (κ2) is 7.00. The van der Waals surface area contributed by atoms with E-state index in [-0.39, 0.29) is 17.8 Å². The number of hydrogen-bond acceptors (Lipinski definition) is 3. The summed E-state index contributed by atoms with van der Waals surface area (Å²) >= 11 is 0. The number of β-lactam (4-membered cyclic amide) rings is 1. The fourth-order valence-corrected chi connectivity index (χ4v) is 3.86. The minimum absolute atomic E-state index is 0.0753. The molecule has 0 bridgehead atoms. The SMILES string of the molecule is CCCNC(=O)N1CCC2(CC1)C(OC)C(=O)N2c1cccc(F)c1. The van der Waals surface area contributed by atoms with Gasteiger partial charge in [0.1, 0.15) is 5.82 Å². The second-order valence-corrected chi connectivity index (χ2v) is 6.59. The monoisotopic (exact) mass is 349 g/mol. The third-order valence-electron chi connectivity index (χ3n) is 5.12. The van der Waals surface area contributed by atoms with Crippen LogP contribution in [0.2, 0.25) is 0 Å². The van der Waals surface area contributed by atoms with Gasteiger partial charge >= 0.3 is 6.03 Å². The lowest BCUT2D eigenvalue weighted by Crippen LogP contribution is -2.78. The maximum Gasteiger partial charge on any atom is 0.317 e. The van der Waals surface area contributed by atoms with Crippen LogP contribution in [0.4, 0.5) is 14.9 Å². The standard InChI is InChI=1S/C18H24FN3O3/c1-3-9-20-17(24)21-10-7-18(8-11-21)15(25-2)16(23)22(18)14-6-4-5-13(19)12-14/h4-6,12,15H,3,7-11H2,1-2H3,(H,20,24). The van der Waals surface area contributed by atoms with Crippen molar-refractivity contribution >= 4 is 17.6 Å². The molecule has 0 aliphatic carbocycles. The number of piperidine rings is 1. The van der Waals surface area contributed by atoms with Crippen molar-refractivity contribution in [3.8, 4) is 0 Å². The van der Waals surface area contributed by atoms with Gasteiger partial charge in [-0.2, -0.15) is 0 Å². The molecule has 0 saturated carbocycles. The van der Waals surface area contributed by atoms with Crippen molar-refractivity contribution in [1.82, 2.24) is 10.2 Å². The molecule has 136 valence electrons. The zero-order valence-electron chi connectivity index (χ0n) is 14.6. The highest BCUT2D eigenvalue weighted by atomic mass is 19.1. The largest absolute Gasteiger partial charge is 0.369 e. The molecule has 7 heteroatoms. The highest BCUT2D eigenvalue weighted by Gasteiger charge is 2.62. The molecular formula is C18H24FN3O3. The maximum atomic E-state index is 13.6. The van der Waals surface area contributed by atoms with E-state index in [1.807, 2.05) is 6.92 Å². The molecule has 1 N–H and O–H groups in total. The number of benzene rings is 1. The van der Waals surface area contributed by atoms with E-state index < -0.39 is 11.6 Å². The lowest BCUT2D eigenvalue weighted by atomic mass is 9.72. The summed E-state index contributed by atoms with van der Waals surface area (Å²) in [6.07, 6.45) is 1.55. The fraction of sp³-hybridized carbons (Fsp3) is 0.556. The number of amides is 3. The van der Waals surface area contributed by atoms with Crippen molar-refractivity contribution in [3.63, 3.8) is 0 Å². The molecule has 2 aliphatic heterocycles. The Morgan fingerprint density at radius 3 is 2.72 bits per heavy atom. The van der Waals surface area contributed by atoms with Crippen LogP contribution < -0.4 is 10.2 Å². The maximum absolute atomic E-state index is 13.6. The number of rotatable bonds is 4. The van der Waals surface area contributed by atoms with Gasteiger partial charge in [0.2, 0.25) is 0 Å². The first-order chi connectivity index (χ1) is 12.0. The van der Waals surface area contributed by atoms with Crippen LogP contribution in [0.1, 0.15) is 26.2 Å². The minimum atomic E-state index is -0.545. The Morgan fingerprint density at radius 2 is 2.12 bits per heavy atom. The molecule has 0 radical (unpaired) electrons. The van der Waals surface area contributed by atoms with E-state index in [2.05, 4.69) is 5.32 Å². The zero-order valence-corrected chi connectivity index (χ0v) is 14.6. The number of ether oxygens (including phenoxy) is 1. The normalized spacial score (nSPS) is 22.0. The Hall–Kier alpha value is -2.15. The molecule has 0 aromatic heterocycles. The van der Waals surface area contributed by atoms with E-state index in [1.165, 1.54) is 19.2 Å². The number of urea groups is 1. The Kier molecular flexibility index (Phi) is 4.94. The lowest BCUT2D eigenvalue weighted by Gasteiger charge is -2.59. The Balaban J connectivity index is 1.77. The van der Waals surface area contributed by atoms with E-state index in [4.69, 9.17) is 4.74 Å². The van der Waals surface area contributed by atoms with Crippen molar-refractivity contribution in [2.75, 3.05) is 31.6 Å². The summed E-state index contributed by atoms with van der Waals surface area (Å²) in [5.41, 5.74) is 0.0310. The van der Waals surface area contributed by atoms with Gasteiger partial charge in [-0.15, -0.1) is 0 Å². The first kappa shape index (κ1) is 17.7. The summed E-state index contributed by atoms with van der Waals surface area (Å²) in [5.74, 6) is -0.533. The van der Waals surface area contributed by atoms with Crippen molar-refractivity contribution in [2.24, 2.45) is 0 Å². The van der Waals surface area contributed by atoms with Crippen LogP contribution in [-0.2, 0) is 9.53 Å². The Bertz CT molecular complexity index is 659. The van der Waals surface area contributed by atoms with Crippen molar-refractivity contribution < 1.29 is 18.7 Å². The third kappa shape index (κ3) is 2.97. The molecule has 2 heterocycles. The summed E-state index contributed by atoms with van der Waals surface area (Å²) in [4.78, 5) is 28.1. The highest BCUT2D eigenvalue weighted by molar-refractivity contribution is 6.06. The van der Waals surface area contributed by atoms with E-state index in [1.54, 1.807) is 21.9 Å². The average Bonchev–Trinajstić information content (AvgIpc) is 2.60. The van der Waals surface area contributed by atoms with Gasteiger partial charge in [-0.05, 0) is 37.5 Å². The molecule has 2 fully saturated rings. The molecule has 25 heavy (non-hydrogen) atoms. The van der Waals surface area contributed by atoms with Gasteiger partial charge < -0.3 is 19.9 Å². The van der Waals surface area contributed by atoms with Crippen LogP contribution in [0.15, 0.2) is 24.3 Å². The first-order valence-corrected chi connectivity index (χ1v) is 8.68. The second-order valence-electron chi connectivity index (χ2n) is 6.59. The van der Waals surface area contributed by atoms with Crippen LogP contribution in [0.25, 0.3) is 0 Å². The molecule has 1 unspecified atom stereocenters. The van der Waals surface area contributed by atoms with Gasteiger partial charge in [-0.1, -0.05) is 13.0 Å². The summed E-state index contributed by atoms with van der Waals surface area (Å²) < 4.78 is 19.0. The fourth-order valence-electron chi connectivity index (χ4n) is 3.86. The predicted octanol–water partition coefficient (Wildman–Crippen LogP) is 2.14. The Labute approximate surface area is 146 Å². The van der Waals surface area contributed by atoms with E-state index >= 15 is 0 Å². The van der Waals surface area contributed by atoms with Crippen molar-refractivity contribution in [1.29, 1.82) is 0 Å². The molecule has 1 atom stereocenters. The molecule has 2 saturated heterocycles. The quantitative estimate of drug-likeness (QED) is 0.847. The number of nitrogens with one attached hydrogen (secondary N) is 1. The van der Waals surface area contributed by atoms with Gasteiger partial charge in [0, 0.05) is 32.4 Å². The molecule has 1 aromatic carbocycles. The summed E-state index contributed by atoms with van der Waals surface area (Å²) in [7, 11) is 1.52. The van der Waals surface area contributed by atoms with Gasteiger partial charge in [-0.3, -0.25) is 4.79 Å². The van der Waals surface area contributed by atoms with Crippen molar-refractivity contribution in [3.05, 3.63) is 30.1 Å². The topological polar surface area (TPSA) is 61.9 Å². The lowest BCUT2D eigenvalue weighted by molar-refractivity contribution is -0.150. The van der Waals surface area contributed by atoms with Gasteiger partial charge in [0.25, 0.3) is 5.91 Å². The zero-order chi connectivity index (χ0) is 18.0. The van der Waals surface area contributed by atoms with Crippen LogP contribution in [-0.4, -0.2) is 55.2 Å².